The van der Waals surface area contributed by atoms with Gasteiger partial charge in [0, 0.05) is 6.04 Å². The van der Waals surface area contributed by atoms with Crippen LogP contribution in [0.5, 0.6) is 0 Å². The molecule has 0 bridgehead atoms. The summed E-state index contributed by atoms with van der Waals surface area (Å²) in [6.45, 7) is 4.06. The molecule has 2 N–H and O–H groups in total. The Morgan fingerprint density at radius 3 is 2.63 bits per heavy atom. The van der Waals surface area contributed by atoms with Gasteiger partial charge < -0.3 is 10.4 Å². The number of benzene rings is 1. The zero-order valence-corrected chi connectivity index (χ0v) is 11.7. The molecule has 1 aromatic heterocycles. The average Bonchev–Trinajstić information content (AvgIpc) is 2.71. The number of aromatic nitrogens is 1. The molecule has 19 heavy (non-hydrogen) atoms. The summed E-state index contributed by atoms with van der Waals surface area (Å²) in [5.74, 6) is -0.862. The maximum atomic E-state index is 10.9. The maximum absolute atomic E-state index is 10.9. The van der Waals surface area contributed by atoms with Gasteiger partial charge >= 0.3 is 5.97 Å². The van der Waals surface area contributed by atoms with E-state index in [1.807, 2.05) is 44.2 Å². The third-order valence-electron chi connectivity index (χ3n) is 2.46. The second kappa shape index (κ2) is 5.84. The molecule has 4 nitrogen and oxygen atoms in total. The first-order valence-electron chi connectivity index (χ1n) is 6.09. The van der Waals surface area contributed by atoms with E-state index in [2.05, 4.69) is 10.3 Å². The van der Waals surface area contributed by atoms with Crippen LogP contribution in [-0.2, 0) is 11.2 Å². The van der Waals surface area contributed by atoms with Crippen LogP contribution < -0.4 is 5.32 Å². The highest BCUT2D eigenvalue weighted by molar-refractivity contribution is 7.19. The SMILES string of the molecule is CC(C)Nc1nc(CC(=O)O)c(-c2ccccc2)s1. The molecule has 100 valence electrons. The molecule has 2 rings (SSSR count). The van der Waals surface area contributed by atoms with Crippen molar-refractivity contribution in [1.82, 2.24) is 4.98 Å². The molecule has 1 aromatic carbocycles. The fourth-order valence-corrected chi connectivity index (χ4v) is 2.87. The Morgan fingerprint density at radius 1 is 1.37 bits per heavy atom. The minimum absolute atomic E-state index is 0.0551. The van der Waals surface area contributed by atoms with Gasteiger partial charge in [-0.1, -0.05) is 41.7 Å². The van der Waals surface area contributed by atoms with Gasteiger partial charge in [0.25, 0.3) is 0 Å². The van der Waals surface area contributed by atoms with E-state index in [4.69, 9.17) is 5.11 Å². The third-order valence-corrected chi connectivity index (χ3v) is 3.54. The molecule has 1 heterocycles. The molecule has 0 fully saturated rings. The molecule has 2 aromatic rings. The number of hydrogen-bond acceptors (Lipinski definition) is 4. The molecular weight excluding hydrogens is 260 g/mol. The fourth-order valence-electron chi connectivity index (χ4n) is 1.74. The first-order valence-corrected chi connectivity index (χ1v) is 6.91. The number of thiazole rings is 1. The molecule has 0 aliphatic heterocycles. The van der Waals surface area contributed by atoms with E-state index in [1.165, 1.54) is 11.3 Å². The molecule has 0 aliphatic carbocycles. The van der Waals surface area contributed by atoms with Crippen molar-refractivity contribution >= 4 is 22.4 Å². The first-order chi connectivity index (χ1) is 9.06. The second-order valence-electron chi connectivity index (χ2n) is 4.53. The normalized spacial score (nSPS) is 10.7. The molecule has 0 radical (unpaired) electrons. The summed E-state index contributed by atoms with van der Waals surface area (Å²) >= 11 is 1.50. The Kier molecular flexibility index (Phi) is 4.16. The van der Waals surface area contributed by atoms with Crippen molar-refractivity contribution in [3.63, 3.8) is 0 Å². The Hall–Kier alpha value is -1.88. The lowest BCUT2D eigenvalue weighted by molar-refractivity contribution is -0.136. The van der Waals surface area contributed by atoms with Gasteiger partial charge in [-0.05, 0) is 19.4 Å². The number of carboxylic acids is 1. The van der Waals surface area contributed by atoms with Gasteiger partial charge in [0.05, 0.1) is 17.0 Å². The number of hydrogen-bond donors (Lipinski definition) is 2. The number of nitrogens with zero attached hydrogens (tertiary/aromatic N) is 1. The molecular formula is C14H16N2O2S. The number of carboxylic acid groups (broad SMARTS) is 1. The minimum atomic E-state index is -0.862. The summed E-state index contributed by atoms with van der Waals surface area (Å²) in [6.07, 6.45) is -0.0551. The van der Waals surface area contributed by atoms with Crippen LogP contribution in [0.25, 0.3) is 10.4 Å². The van der Waals surface area contributed by atoms with E-state index in [9.17, 15) is 4.79 Å². The lowest BCUT2D eigenvalue weighted by Crippen LogP contribution is -2.09. The summed E-state index contributed by atoms with van der Waals surface area (Å²) in [5, 5.41) is 13.0. The third kappa shape index (κ3) is 3.54. The van der Waals surface area contributed by atoms with Gasteiger partial charge in [0.2, 0.25) is 0 Å². The van der Waals surface area contributed by atoms with Crippen molar-refractivity contribution < 1.29 is 9.90 Å². The minimum Gasteiger partial charge on any atom is -0.481 e. The molecule has 0 spiro atoms. The molecule has 0 atom stereocenters. The molecule has 0 aliphatic rings. The Balaban J connectivity index is 2.39. The van der Waals surface area contributed by atoms with Crippen LogP contribution in [0.1, 0.15) is 19.5 Å². The lowest BCUT2D eigenvalue weighted by atomic mass is 10.1. The van der Waals surface area contributed by atoms with E-state index in [0.29, 0.717) is 5.69 Å². The molecule has 0 saturated carbocycles. The zero-order valence-electron chi connectivity index (χ0n) is 10.9. The highest BCUT2D eigenvalue weighted by Crippen LogP contribution is 2.33. The quantitative estimate of drug-likeness (QED) is 0.880. The van der Waals surface area contributed by atoms with Crippen LogP contribution in [0.4, 0.5) is 5.13 Å². The van der Waals surface area contributed by atoms with E-state index >= 15 is 0 Å². The predicted molar refractivity (Wildman–Crippen MR) is 77.6 cm³/mol. The van der Waals surface area contributed by atoms with Gasteiger partial charge in [-0.25, -0.2) is 4.98 Å². The lowest BCUT2D eigenvalue weighted by Gasteiger charge is -2.04. The van der Waals surface area contributed by atoms with E-state index in [1.54, 1.807) is 0 Å². The van der Waals surface area contributed by atoms with Crippen LogP contribution in [0.15, 0.2) is 30.3 Å². The Morgan fingerprint density at radius 2 is 2.05 bits per heavy atom. The van der Waals surface area contributed by atoms with Gasteiger partial charge in [-0.15, -0.1) is 0 Å². The number of carbonyl (C=O) groups is 1. The van der Waals surface area contributed by atoms with E-state index < -0.39 is 5.97 Å². The molecule has 0 saturated heterocycles. The Bertz CT molecular complexity index is 564. The van der Waals surface area contributed by atoms with Gasteiger partial charge in [-0.3, -0.25) is 4.79 Å². The van der Waals surface area contributed by atoms with Crippen molar-refractivity contribution in [2.75, 3.05) is 5.32 Å². The van der Waals surface area contributed by atoms with Crippen LogP contribution in [0, 0.1) is 0 Å². The number of rotatable bonds is 5. The number of aliphatic carboxylic acids is 1. The molecule has 5 heteroatoms. The summed E-state index contributed by atoms with van der Waals surface area (Å²) in [5.41, 5.74) is 1.62. The van der Waals surface area contributed by atoms with Crippen molar-refractivity contribution in [3.05, 3.63) is 36.0 Å². The monoisotopic (exact) mass is 276 g/mol. The highest BCUT2D eigenvalue weighted by atomic mass is 32.1. The average molecular weight is 276 g/mol. The summed E-state index contributed by atoms with van der Waals surface area (Å²) in [7, 11) is 0. The van der Waals surface area contributed by atoms with Crippen LogP contribution in [0.2, 0.25) is 0 Å². The Labute approximate surface area is 116 Å². The van der Waals surface area contributed by atoms with Crippen molar-refractivity contribution in [1.29, 1.82) is 0 Å². The summed E-state index contributed by atoms with van der Waals surface area (Å²) in [4.78, 5) is 16.2. The summed E-state index contributed by atoms with van der Waals surface area (Å²) in [6, 6.07) is 10.0. The van der Waals surface area contributed by atoms with Crippen molar-refractivity contribution in [2.24, 2.45) is 0 Å². The van der Waals surface area contributed by atoms with Crippen LogP contribution in [-0.4, -0.2) is 22.1 Å². The van der Waals surface area contributed by atoms with E-state index in [0.717, 1.165) is 15.6 Å². The van der Waals surface area contributed by atoms with Gasteiger partial charge in [-0.2, -0.15) is 0 Å². The van der Waals surface area contributed by atoms with Crippen molar-refractivity contribution in [3.8, 4) is 10.4 Å². The van der Waals surface area contributed by atoms with Gasteiger partial charge in [0.15, 0.2) is 5.13 Å². The largest absolute Gasteiger partial charge is 0.481 e. The maximum Gasteiger partial charge on any atom is 0.309 e. The summed E-state index contributed by atoms with van der Waals surface area (Å²) < 4.78 is 0. The highest BCUT2D eigenvalue weighted by Gasteiger charge is 2.15. The van der Waals surface area contributed by atoms with Gasteiger partial charge in [0.1, 0.15) is 0 Å². The first kappa shape index (κ1) is 13.5. The topological polar surface area (TPSA) is 62.2 Å². The number of nitrogens with one attached hydrogen (secondary N) is 1. The van der Waals surface area contributed by atoms with Crippen LogP contribution >= 0.6 is 11.3 Å². The molecule has 0 unspecified atom stereocenters. The second-order valence-corrected chi connectivity index (χ2v) is 5.53. The standard InChI is InChI=1S/C14H16N2O2S/c1-9(2)15-14-16-11(8-12(17)18)13(19-14)10-6-4-3-5-7-10/h3-7,9H,8H2,1-2H3,(H,15,16)(H,17,18). The van der Waals surface area contributed by atoms with Crippen LogP contribution in [0.3, 0.4) is 0 Å². The molecule has 0 amide bonds. The fraction of sp³-hybridized carbons (Fsp3) is 0.286. The predicted octanol–water partition coefficient (Wildman–Crippen LogP) is 3.26. The van der Waals surface area contributed by atoms with Crippen molar-refractivity contribution in [2.45, 2.75) is 26.3 Å². The van der Waals surface area contributed by atoms with E-state index in [-0.39, 0.29) is 12.5 Å². The smallest absolute Gasteiger partial charge is 0.309 e. The zero-order chi connectivity index (χ0) is 13.8. The number of anilines is 1.